The van der Waals surface area contributed by atoms with E-state index in [1.165, 1.54) is 11.1 Å². The van der Waals surface area contributed by atoms with E-state index in [1.54, 1.807) is 19.5 Å². The van der Waals surface area contributed by atoms with Crippen LogP contribution in [0.1, 0.15) is 29.3 Å². The molecule has 0 aliphatic heterocycles. The number of benzene rings is 1. The van der Waals surface area contributed by atoms with Crippen molar-refractivity contribution in [3.05, 3.63) is 53.5 Å². The maximum Gasteiger partial charge on any atom is 0.236 e. The van der Waals surface area contributed by atoms with Crippen molar-refractivity contribution in [1.82, 2.24) is 9.97 Å². The molecule has 0 saturated carbocycles. The van der Waals surface area contributed by atoms with Crippen LogP contribution in [0.15, 0.2) is 36.7 Å². The van der Waals surface area contributed by atoms with Crippen LogP contribution in [0, 0.1) is 6.92 Å². The topological polar surface area (TPSA) is 61.0 Å². The number of ether oxygens (including phenoxy) is 1. The van der Waals surface area contributed by atoms with Crippen LogP contribution in [0.3, 0.4) is 0 Å². The van der Waals surface area contributed by atoms with Gasteiger partial charge in [-0.15, -0.1) is 0 Å². The smallest absolute Gasteiger partial charge is 0.236 e. The lowest BCUT2D eigenvalue weighted by Crippen LogP contribution is -2.15. The third-order valence-corrected chi connectivity index (χ3v) is 3.10. The normalized spacial score (nSPS) is 12.2. The van der Waals surface area contributed by atoms with Crippen LogP contribution in [-0.2, 0) is 6.42 Å². The molecule has 0 aliphatic rings. The first-order valence-corrected chi connectivity index (χ1v) is 6.36. The lowest BCUT2D eigenvalue weighted by Gasteiger charge is -2.13. The van der Waals surface area contributed by atoms with Crippen LogP contribution in [0.4, 0.5) is 0 Å². The van der Waals surface area contributed by atoms with Gasteiger partial charge < -0.3 is 10.5 Å². The van der Waals surface area contributed by atoms with Gasteiger partial charge in [0.15, 0.2) is 0 Å². The van der Waals surface area contributed by atoms with E-state index < -0.39 is 0 Å². The van der Waals surface area contributed by atoms with Gasteiger partial charge in [-0.3, -0.25) is 4.98 Å². The Morgan fingerprint density at radius 1 is 1.16 bits per heavy atom. The molecule has 2 rings (SSSR count). The highest BCUT2D eigenvalue weighted by Crippen LogP contribution is 2.21. The molecule has 1 aromatic carbocycles. The number of aromatic nitrogens is 2. The molecule has 0 aliphatic carbocycles. The molecule has 0 radical (unpaired) electrons. The van der Waals surface area contributed by atoms with Gasteiger partial charge in [0.2, 0.25) is 5.88 Å². The van der Waals surface area contributed by atoms with Crippen LogP contribution in [0.2, 0.25) is 0 Å². The van der Waals surface area contributed by atoms with Gasteiger partial charge in [0.25, 0.3) is 0 Å². The molecule has 1 atom stereocenters. The number of nitrogens with zero attached hydrogens (tertiary/aromatic N) is 2. The van der Waals surface area contributed by atoms with Crippen LogP contribution >= 0.6 is 0 Å². The zero-order chi connectivity index (χ0) is 13.7. The second-order valence-corrected chi connectivity index (χ2v) is 4.58. The largest absolute Gasteiger partial charge is 0.480 e. The number of methoxy groups -OCH3 is 1. The molecule has 1 heterocycles. The van der Waals surface area contributed by atoms with E-state index in [-0.39, 0.29) is 6.04 Å². The molecule has 0 saturated heterocycles. The summed E-state index contributed by atoms with van der Waals surface area (Å²) in [5, 5.41) is 0. The Hall–Kier alpha value is -1.94. The maximum atomic E-state index is 6.17. The zero-order valence-electron chi connectivity index (χ0n) is 11.3. The highest BCUT2D eigenvalue weighted by Gasteiger charge is 2.14. The van der Waals surface area contributed by atoms with Gasteiger partial charge in [0.1, 0.15) is 5.69 Å². The van der Waals surface area contributed by atoms with Crippen LogP contribution < -0.4 is 10.5 Å². The number of aryl methyl sites for hydroxylation is 2. The molecular formula is C15H19N3O. The van der Waals surface area contributed by atoms with Crippen LogP contribution in [-0.4, -0.2) is 17.1 Å². The monoisotopic (exact) mass is 257 g/mol. The highest BCUT2D eigenvalue weighted by atomic mass is 16.5. The Balaban J connectivity index is 2.01. The van der Waals surface area contributed by atoms with Crippen molar-refractivity contribution < 1.29 is 4.74 Å². The van der Waals surface area contributed by atoms with Gasteiger partial charge in [0, 0.05) is 12.4 Å². The van der Waals surface area contributed by atoms with Crippen molar-refractivity contribution in [1.29, 1.82) is 0 Å². The minimum absolute atomic E-state index is 0.162. The molecule has 0 spiro atoms. The average Bonchev–Trinajstić information content (AvgIpc) is 2.46. The number of hydrogen-bond acceptors (Lipinski definition) is 4. The Morgan fingerprint density at radius 3 is 2.53 bits per heavy atom. The van der Waals surface area contributed by atoms with Crippen molar-refractivity contribution in [3.63, 3.8) is 0 Å². The fourth-order valence-electron chi connectivity index (χ4n) is 1.96. The van der Waals surface area contributed by atoms with E-state index in [2.05, 4.69) is 41.2 Å². The first kappa shape index (κ1) is 13.5. The van der Waals surface area contributed by atoms with Crippen molar-refractivity contribution in [2.24, 2.45) is 5.73 Å². The molecule has 19 heavy (non-hydrogen) atoms. The molecule has 4 nitrogen and oxygen atoms in total. The Kier molecular flexibility index (Phi) is 4.47. The average molecular weight is 257 g/mol. The Morgan fingerprint density at radius 2 is 1.84 bits per heavy atom. The van der Waals surface area contributed by atoms with E-state index in [9.17, 15) is 0 Å². The fourth-order valence-corrected chi connectivity index (χ4v) is 1.96. The molecule has 100 valence electrons. The van der Waals surface area contributed by atoms with Gasteiger partial charge in [-0.05, 0) is 25.3 Å². The molecule has 1 aromatic heterocycles. The summed E-state index contributed by atoms with van der Waals surface area (Å²) >= 11 is 0. The van der Waals surface area contributed by atoms with E-state index in [0.29, 0.717) is 5.88 Å². The summed E-state index contributed by atoms with van der Waals surface area (Å²) in [5.41, 5.74) is 9.43. The van der Waals surface area contributed by atoms with Crippen molar-refractivity contribution in [2.45, 2.75) is 25.8 Å². The van der Waals surface area contributed by atoms with Crippen LogP contribution in [0.25, 0.3) is 0 Å². The molecule has 1 unspecified atom stereocenters. The predicted molar refractivity (Wildman–Crippen MR) is 75.0 cm³/mol. The van der Waals surface area contributed by atoms with E-state index >= 15 is 0 Å². The summed E-state index contributed by atoms with van der Waals surface area (Å²) in [6, 6.07) is 8.34. The summed E-state index contributed by atoms with van der Waals surface area (Å²) < 4.78 is 5.18. The van der Waals surface area contributed by atoms with Gasteiger partial charge in [-0.2, -0.15) is 0 Å². The van der Waals surface area contributed by atoms with Gasteiger partial charge in [0.05, 0.1) is 13.2 Å². The summed E-state index contributed by atoms with van der Waals surface area (Å²) in [4.78, 5) is 8.38. The number of hydrogen-bond donors (Lipinski definition) is 1. The quantitative estimate of drug-likeness (QED) is 0.893. The van der Waals surface area contributed by atoms with E-state index in [1.807, 2.05) is 0 Å². The first-order valence-electron chi connectivity index (χ1n) is 6.36. The van der Waals surface area contributed by atoms with E-state index in [0.717, 1.165) is 18.5 Å². The van der Waals surface area contributed by atoms with Gasteiger partial charge in [-0.1, -0.05) is 29.8 Å². The van der Waals surface area contributed by atoms with Gasteiger partial charge >= 0.3 is 0 Å². The third kappa shape index (κ3) is 3.51. The minimum atomic E-state index is -0.162. The molecule has 2 N–H and O–H groups in total. The lowest BCUT2D eigenvalue weighted by molar-refractivity contribution is 0.383. The fraction of sp³-hybridized carbons (Fsp3) is 0.333. The molecule has 4 heteroatoms. The maximum absolute atomic E-state index is 6.17. The summed E-state index contributed by atoms with van der Waals surface area (Å²) in [7, 11) is 1.58. The predicted octanol–water partition coefficient (Wildman–Crippen LogP) is 2.43. The van der Waals surface area contributed by atoms with Crippen molar-refractivity contribution >= 4 is 0 Å². The standard InChI is InChI=1S/C15H19N3O/c1-11-3-5-12(6-4-11)7-8-13(16)14-15(19-2)18-10-9-17-14/h3-6,9-10,13H,7-8,16H2,1-2H3. The summed E-state index contributed by atoms with van der Waals surface area (Å²) in [5.74, 6) is 0.513. The van der Waals surface area contributed by atoms with Gasteiger partial charge in [-0.25, -0.2) is 4.98 Å². The Labute approximate surface area is 113 Å². The third-order valence-electron chi connectivity index (χ3n) is 3.10. The minimum Gasteiger partial charge on any atom is -0.480 e. The second-order valence-electron chi connectivity index (χ2n) is 4.58. The second kappa shape index (κ2) is 6.29. The molecular weight excluding hydrogens is 238 g/mol. The molecule has 0 amide bonds. The Bertz CT molecular complexity index is 525. The highest BCUT2D eigenvalue weighted by molar-refractivity contribution is 5.23. The number of nitrogens with two attached hydrogens (primary N) is 1. The SMILES string of the molecule is COc1nccnc1C(N)CCc1ccc(C)cc1. The molecule has 0 bridgehead atoms. The summed E-state index contributed by atoms with van der Waals surface area (Å²) in [6.45, 7) is 2.08. The first-order chi connectivity index (χ1) is 9.20. The van der Waals surface area contributed by atoms with Crippen molar-refractivity contribution in [2.75, 3.05) is 7.11 Å². The molecule has 2 aromatic rings. The van der Waals surface area contributed by atoms with Crippen LogP contribution in [0.5, 0.6) is 5.88 Å². The molecule has 0 fully saturated rings. The number of rotatable bonds is 5. The summed E-state index contributed by atoms with van der Waals surface area (Å²) in [6.07, 6.45) is 4.98. The zero-order valence-corrected chi connectivity index (χ0v) is 11.3. The van der Waals surface area contributed by atoms with E-state index in [4.69, 9.17) is 10.5 Å². The van der Waals surface area contributed by atoms with Crippen molar-refractivity contribution in [3.8, 4) is 5.88 Å². The lowest BCUT2D eigenvalue weighted by atomic mass is 10.0.